The van der Waals surface area contributed by atoms with Crippen molar-refractivity contribution in [3.63, 3.8) is 0 Å². The monoisotopic (exact) mass is 279 g/mol. The molecule has 0 aromatic carbocycles. The third-order valence-electron chi connectivity index (χ3n) is 4.87. The molecule has 1 heterocycles. The lowest BCUT2D eigenvalue weighted by molar-refractivity contribution is 0.231. The van der Waals surface area contributed by atoms with Crippen LogP contribution in [0.3, 0.4) is 0 Å². The van der Waals surface area contributed by atoms with Crippen LogP contribution in [0.5, 0.6) is 0 Å². The van der Waals surface area contributed by atoms with Crippen molar-refractivity contribution in [1.29, 1.82) is 0 Å². The summed E-state index contributed by atoms with van der Waals surface area (Å²) in [6.07, 6.45) is 5.38. The average Bonchev–Trinajstić information content (AvgIpc) is 2.79. The van der Waals surface area contributed by atoms with Gasteiger partial charge in [-0.05, 0) is 55.6 Å². The topological polar surface area (TPSA) is 12.0 Å². The Kier molecular flexibility index (Phi) is 4.73. The van der Waals surface area contributed by atoms with E-state index in [1.54, 1.807) is 10.4 Å². The second-order valence-electron chi connectivity index (χ2n) is 7.05. The van der Waals surface area contributed by atoms with E-state index in [0.717, 1.165) is 6.54 Å². The van der Waals surface area contributed by atoms with Gasteiger partial charge in [-0.2, -0.15) is 0 Å². The Morgan fingerprint density at radius 3 is 2.53 bits per heavy atom. The summed E-state index contributed by atoms with van der Waals surface area (Å²) in [5, 5.41) is 3.74. The number of rotatable bonds is 5. The molecule has 1 nitrogen and oxygen atoms in total. The number of fused-ring (bicyclic) bond motifs is 1. The Labute approximate surface area is 122 Å². The van der Waals surface area contributed by atoms with Crippen LogP contribution in [0.2, 0.25) is 0 Å². The van der Waals surface area contributed by atoms with Gasteiger partial charge in [0.25, 0.3) is 0 Å². The van der Waals surface area contributed by atoms with Crippen LogP contribution in [0, 0.1) is 11.3 Å². The number of aryl methyl sites for hydroxylation is 2. The molecule has 0 amide bonds. The number of hydrogen-bond donors (Lipinski definition) is 1. The molecule has 0 fully saturated rings. The zero-order chi connectivity index (χ0) is 14.0. The molecule has 1 aliphatic rings. The third kappa shape index (κ3) is 3.61. The highest BCUT2D eigenvalue weighted by atomic mass is 32.1. The highest BCUT2D eigenvalue weighted by molar-refractivity contribution is 7.12. The molecule has 108 valence electrons. The second kappa shape index (κ2) is 5.97. The Bertz CT molecular complexity index is 393. The molecule has 1 unspecified atom stereocenters. The molecule has 0 aliphatic heterocycles. The van der Waals surface area contributed by atoms with Crippen molar-refractivity contribution in [2.45, 2.75) is 66.3 Å². The first-order valence-corrected chi connectivity index (χ1v) is 8.56. The summed E-state index contributed by atoms with van der Waals surface area (Å²) < 4.78 is 0. The van der Waals surface area contributed by atoms with Gasteiger partial charge in [-0.15, -0.1) is 11.3 Å². The minimum Gasteiger partial charge on any atom is -0.309 e. The molecule has 2 rings (SSSR count). The Hall–Kier alpha value is -0.340. The van der Waals surface area contributed by atoms with Crippen molar-refractivity contribution < 1.29 is 0 Å². The van der Waals surface area contributed by atoms with Crippen molar-refractivity contribution in [1.82, 2.24) is 5.32 Å². The smallest absolute Gasteiger partial charge is 0.0386 e. The van der Waals surface area contributed by atoms with E-state index in [0.29, 0.717) is 17.4 Å². The number of thiophene rings is 1. The first kappa shape index (κ1) is 15.1. The maximum atomic E-state index is 3.74. The summed E-state index contributed by atoms with van der Waals surface area (Å²) in [6.45, 7) is 12.8. The van der Waals surface area contributed by atoms with Gasteiger partial charge in [-0.25, -0.2) is 0 Å². The fraction of sp³-hybridized carbons (Fsp3) is 0.765. The van der Waals surface area contributed by atoms with Crippen LogP contribution in [0.25, 0.3) is 0 Å². The molecule has 1 aromatic heterocycles. The average molecular weight is 279 g/mol. The second-order valence-corrected chi connectivity index (χ2v) is 8.22. The Balaban J connectivity index is 1.96. The maximum absolute atomic E-state index is 3.74. The van der Waals surface area contributed by atoms with E-state index < -0.39 is 0 Å². The van der Waals surface area contributed by atoms with E-state index in [-0.39, 0.29) is 0 Å². The van der Waals surface area contributed by atoms with Crippen LogP contribution in [0.1, 0.15) is 68.8 Å². The Morgan fingerprint density at radius 2 is 1.89 bits per heavy atom. The van der Waals surface area contributed by atoms with E-state index in [1.807, 2.05) is 11.3 Å². The molecule has 1 aromatic rings. The van der Waals surface area contributed by atoms with Gasteiger partial charge in [0.1, 0.15) is 0 Å². The predicted octanol–water partition coefficient (Wildman–Crippen LogP) is 4.96. The van der Waals surface area contributed by atoms with Gasteiger partial charge in [0.05, 0.1) is 0 Å². The van der Waals surface area contributed by atoms with E-state index in [1.165, 1.54) is 30.6 Å². The molecule has 0 spiro atoms. The summed E-state index contributed by atoms with van der Waals surface area (Å²) >= 11 is 2.04. The van der Waals surface area contributed by atoms with Crippen LogP contribution < -0.4 is 5.32 Å². The quantitative estimate of drug-likeness (QED) is 0.803. The first-order valence-electron chi connectivity index (χ1n) is 7.75. The summed E-state index contributed by atoms with van der Waals surface area (Å²) in [7, 11) is 0. The molecule has 0 saturated carbocycles. The summed E-state index contributed by atoms with van der Waals surface area (Å²) in [5.74, 6) is 0.712. The van der Waals surface area contributed by atoms with Crippen LogP contribution in [-0.4, -0.2) is 6.54 Å². The highest BCUT2D eigenvalue weighted by Crippen LogP contribution is 2.33. The molecule has 0 bridgehead atoms. The normalized spacial score (nSPS) is 17.6. The van der Waals surface area contributed by atoms with Crippen molar-refractivity contribution in [2.75, 3.05) is 6.54 Å². The zero-order valence-corrected chi connectivity index (χ0v) is 14.0. The van der Waals surface area contributed by atoms with Crippen LogP contribution in [0.15, 0.2) is 6.07 Å². The molecule has 1 atom stereocenters. The third-order valence-corrected chi connectivity index (χ3v) is 6.29. The lowest BCUT2D eigenvalue weighted by atomic mass is 9.81. The summed E-state index contributed by atoms with van der Waals surface area (Å²) in [6, 6.07) is 2.95. The van der Waals surface area contributed by atoms with E-state index >= 15 is 0 Å². The predicted molar refractivity (Wildman–Crippen MR) is 86.0 cm³/mol. The highest BCUT2D eigenvalue weighted by Gasteiger charge is 2.23. The number of hydrogen-bond acceptors (Lipinski definition) is 2. The SMILES string of the molecule is CC(NCC(C)(C)C(C)C)c1cc2c(s1)CCCC2. The van der Waals surface area contributed by atoms with E-state index in [4.69, 9.17) is 0 Å². The summed E-state index contributed by atoms with van der Waals surface area (Å²) in [5.41, 5.74) is 1.99. The van der Waals surface area contributed by atoms with Crippen molar-refractivity contribution >= 4 is 11.3 Å². The maximum Gasteiger partial charge on any atom is 0.0386 e. The van der Waals surface area contributed by atoms with Gasteiger partial charge in [0, 0.05) is 22.3 Å². The molecular weight excluding hydrogens is 250 g/mol. The van der Waals surface area contributed by atoms with E-state index in [9.17, 15) is 0 Å². The standard InChI is InChI=1S/C17H29NS/c1-12(2)17(4,5)11-18-13(3)16-10-14-8-6-7-9-15(14)19-16/h10,12-13,18H,6-9,11H2,1-5H3. The molecule has 0 radical (unpaired) electrons. The first-order chi connectivity index (χ1) is 8.90. The van der Waals surface area contributed by atoms with E-state index in [2.05, 4.69) is 46.0 Å². The van der Waals surface area contributed by atoms with Crippen molar-refractivity contribution in [3.8, 4) is 0 Å². The molecule has 0 saturated heterocycles. The van der Waals surface area contributed by atoms with Crippen LogP contribution in [-0.2, 0) is 12.8 Å². The fourth-order valence-electron chi connectivity index (χ4n) is 2.45. The van der Waals surface area contributed by atoms with Gasteiger partial charge in [-0.3, -0.25) is 0 Å². The number of nitrogens with one attached hydrogen (secondary N) is 1. The van der Waals surface area contributed by atoms with Gasteiger partial charge in [-0.1, -0.05) is 27.7 Å². The molecule has 1 N–H and O–H groups in total. The van der Waals surface area contributed by atoms with Crippen LogP contribution >= 0.6 is 11.3 Å². The molecule has 1 aliphatic carbocycles. The largest absolute Gasteiger partial charge is 0.309 e. The fourth-order valence-corrected chi connectivity index (χ4v) is 3.73. The van der Waals surface area contributed by atoms with Crippen molar-refractivity contribution in [2.24, 2.45) is 11.3 Å². The summed E-state index contributed by atoms with van der Waals surface area (Å²) in [4.78, 5) is 3.18. The molecular formula is C17H29NS. The van der Waals surface area contributed by atoms with Gasteiger partial charge < -0.3 is 5.32 Å². The van der Waals surface area contributed by atoms with Gasteiger partial charge in [0.2, 0.25) is 0 Å². The lowest BCUT2D eigenvalue weighted by Crippen LogP contribution is -2.34. The van der Waals surface area contributed by atoms with Crippen molar-refractivity contribution in [3.05, 3.63) is 21.4 Å². The van der Waals surface area contributed by atoms with Gasteiger partial charge in [0.15, 0.2) is 0 Å². The molecule has 19 heavy (non-hydrogen) atoms. The minimum absolute atomic E-state index is 0.366. The molecule has 2 heteroatoms. The zero-order valence-electron chi connectivity index (χ0n) is 13.2. The van der Waals surface area contributed by atoms with Gasteiger partial charge >= 0.3 is 0 Å². The minimum atomic E-state index is 0.366. The van der Waals surface area contributed by atoms with Crippen LogP contribution in [0.4, 0.5) is 0 Å². The Morgan fingerprint density at radius 1 is 1.21 bits per heavy atom. The lowest BCUT2D eigenvalue weighted by Gasteiger charge is -2.31.